The molecule has 2 N–H and O–H groups in total. The molecule has 0 radical (unpaired) electrons. The van der Waals surface area contributed by atoms with Gasteiger partial charge in [-0.1, -0.05) is 0 Å². The van der Waals surface area contributed by atoms with Crippen LogP contribution in [0.1, 0.15) is 40.0 Å². The van der Waals surface area contributed by atoms with E-state index in [1.165, 1.54) is 12.1 Å². The Kier molecular flexibility index (Phi) is 3.17. The Balaban J connectivity index is 1.72. The predicted molar refractivity (Wildman–Crippen MR) is 67.1 cm³/mol. The summed E-state index contributed by atoms with van der Waals surface area (Å²) in [4.78, 5) is 22.7. The highest BCUT2D eigenvalue weighted by Crippen LogP contribution is 2.34. The van der Waals surface area contributed by atoms with Crippen molar-refractivity contribution in [2.24, 2.45) is 0 Å². The number of hydrogen-bond acceptors (Lipinski definition) is 3. The van der Waals surface area contributed by atoms with Crippen LogP contribution in [0.2, 0.25) is 0 Å². The fourth-order valence-corrected chi connectivity index (χ4v) is 2.87. The number of rotatable bonds is 3. The molecule has 1 aromatic carbocycles. The molecule has 2 bridgehead atoms. The minimum Gasteiger partial charge on any atom is -0.478 e. The molecule has 0 spiro atoms. The molecule has 1 aromatic rings. The maximum atomic E-state index is 13.8. The number of benzene rings is 1. The van der Waals surface area contributed by atoms with Gasteiger partial charge in [-0.25, -0.2) is 9.18 Å². The van der Waals surface area contributed by atoms with Gasteiger partial charge < -0.3 is 15.2 Å². The van der Waals surface area contributed by atoms with Crippen molar-refractivity contribution in [2.45, 2.75) is 37.5 Å². The van der Waals surface area contributed by atoms with Gasteiger partial charge in [0.1, 0.15) is 5.82 Å². The highest BCUT2D eigenvalue weighted by atomic mass is 19.1. The van der Waals surface area contributed by atoms with E-state index in [2.05, 4.69) is 5.32 Å². The summed E-state index contributed by atoms with van der Waals surface area (Å²) in [5.41, 5.74) is -0.319. The number of carbonyl (C=O) groups excluding carboxylic acids is 1. The first kappa shape index (κ1) is 13.1. The van der Waals surface area contributed by atoms with Crippen LogP contribution >= 0.6 is 0 Å². The number of ether oxygens (including phenoxy) is 1. The van der Waals surface area contributed by atoms with Crippen LogP contribution in [-0.2, 0) is 4.74 Å². The minimum atomic E-state index is -1.22. The fraction of sp³-hybridized carbons (Fsp3) is 0.429. The molecule has 5 nitrogen and oxygen atoms in total. The third-order valence-electron chi connectivity index (χ3n) is 3.88. The Bertz CT molecular complexity index is 574. The Hall–Kier alpha value is -1.95. The highest BCUT2D eigenvalue weighted by molar-refractivity contribution is 5.96. The van der Waals surface area contributed by atoms with Crippen LogP contribution in [0.3, 0.4) is 0 Å². The second kappa shape index (κ2) is 4.86. The number of fused-ring (bicyclic) bond motifs is 2. The first-order valence-corrected chi connectivity index (χ1v) is 6.54. The van der Waals surface area contributed by atoms with Gasteiger partial charge in [0.25, 0.3) is 5.91 Å². The van der Waals surface area contributed by atoms with Crippen molar-refractivity contribution in [1.29, 1.82) is 0 Å². The van der Waals surface area contributed by atoms with Gasteiger partial charge in [0, 0.05) is 0 Å². The summed E-state index contributed by atoms with van der Waals surface area (Å²) in [6.45, 7) is 0. The zero-order chi connectivity index (χ0) is 14.3. The molecule has 2 aliphatic rings. The Morgan fingerprint density at radius 1 is 1.35 bits per heavy atom. The molecule has 3 rings (SSSR count). The van der Waals surface area contributed by atoms with E-state index in [1.807, 2.05) is 0 Å². The van der Waals surface area contributed by atoms with Gasteiger partial charge in [-0.3, -0.25) is 4.79 Å². The Morgan fingerprint density at radius 3 is 2.70 bits per heavy atom. The van der Waals surface area contributed by atoms with Crippen molar-refractivity contribution in [3.63, 3.8) is 0 Å². The van der Waals surface area contributed by atoms with Crippen molar-refractivity contribution < 1.29 is 23.8 Å². The van der Waals surface area contributed by atoms with Gasteiger partial charge in [-0.15, -0.1) is 0 Å². The summed E-state index contributed by atoms with van der Waals surface area (Å²) in [5.74, 6) is -2.58. The van der Waals surface area contributed by atoms with E-state index in [-0.39, 0.29) is 29.4 Å². The van der Waals surface area contributed by atoms with Gasteiger partial charge >= 0.3 is 5.97 Å². The minimum absolute atomic E-state index is 0.0188. The van der Waals surface area contributed by atoms with Crippen molar-refractivity contribution in [3.8, 4) is 0 Å². The molecule has 6 heteroatoms. The topological polar surface area (TPSA) is 75.6 Å². The van der Waals surface area contributed by atoms with Crippen molar-refractivity contribution in [2.75, 3.05) is 0 Å². The number of halogens is 1. The SMILES string of the molecule is O=C(O)c1ccc(C(=O)NC2CC3CCC2O3)c(F)c1. The molecule has 0 saturated carbocycles. The fourth-order valence-electron chi connectivity index (χ4n) is 2.87. The molecule has 1 amide bonds. The molecule has 0 aliphatic carbocycles. The number of nitrogens with one attached hydrogen (secondary N) is 1. The summed E-state index contributed by atoms with van der Waals surface area (Å²) in [5, 5.41) is 11.5. The van der Waals surface area contributed by atoms with Crippen LogP contribution in [0, 0.1) is 5.82 Å². The quantitative estimate of drug-likeness (QED) is 0.880. The number of amides is 1. The van der Waals surface area contributed by atoms with Crippen LogP contribution < -0.4 is 5.32 Å². The average molecular weight is 279 g/mol. The van der Waals surface area contributed by atoms with Gasteiger partial charge in [0.15, 0.2) is 0 Å². The zero-order valence-electron chi connectivity index (χ0n) is 10.6. The van der Waals surface area contributed by atoms with E-state index in [4.69, 9.17) is 9.84 Å². The lowest BCUT2D eigenvalue weighted by atomic mass is 9.95. The van der Waals surface area contributed by atoms with Gasteiger partial charge in [-0.2, -0.15) is 0 Å². The summed E-state index contributed by atoms with van der Waals surface area (Å²) >= 11 is 0. The molecule has 3 atom stereocenters. The van der Waals surface area contributed by atoms with E-state index in [0.29, 0.717) is 0 Å². The maximum absolute atomic E-state index is 13.8. The monoisotopic (exact) mass is 279 g/mol. The lowest BCUT2D eigenvalue weighted by molar-refractivity contribution is 0.0695. The number of hydrogen-bond donors (Lipinski definition) is 2. The molecule has 2 saturated heterocycles. The summed E-state index contributed by atoms with van der Waals surface area (Å²) in [7, 11) is 0. The average Bonchev–Trinajstić information content (AvgIpc) is 3.00. The summed E-state index contributed by atoms with van der Waals surface area (Å²) in [6, 6.07) is 3.19. The van der Waals surface area contributed by atoms with Gasteiger partial charge in [0.05, 0.1) is 29.4 Å². The first-order chi connectivity index (χ1) is 9.54. The number of aromatic carboxylic acids is 1. The molecule has 0 aromatic heterocycles. The van der Waals surface area contributed by atoms with E-state index < -0.39 is 17.7 Å². The second-order valence-corrected chi connectivity index (χ2v) is 5.19. The molecule has 106 valence electrons. The first-order valence-electron chi connectivity index (χ1n) is 6.54. The van der Waals surface area contributed by atoms with Crippen LogP contribution in [-0.4, -0.2) is 35.2 Å². The zero-order valence-corrected chi connectivity index (χ0v) is 10.6. The van der Waals surface area contributed by atoms with Gasteiger partial charge in [-0.05, 0) is 37.5 Å². The Morgan fingerprint density at radius 2 is 2.15 bits per heavy atom. The lowest BCUT2D eigenvalue weighted by Gasteiger charge is -2.20. The van der Waals surface area contributed by atoms with Crippen LogP contribution in [0.15, 0.2) is 18.2 Å². The standard InChI is InChI=1S/C14H14FNO4/c15-10-5-7(14(18)19)1-3-9(10)13(17)16-11-6-8-2-4-12(11)20-8/h1,3,5,8,11-12H,2,4,6H2,(H,16,17)(H,18,19). The summed E-state index contributed by atoms with van der Waals surface area (Å²) in [6.07, 6.45) is 2.90. The molecule has 3 unspecified atom stereocenters. The highest BCUT2D eigenvalue weighted by Gasteiger charge is 2.41. The van der Waals surface area contributed by atoms with Crippen LogP contribution in [0.4, 0.5) is 4.39 Å². The molecule has 2 aliphatic heterocycles. The second-order valence-electron chi connectivity index (χ2n) is 5.19. The maximum Gasteiger partial charge on any atom is 0.335 e. The van der Waals surface area contributed by atoms with Crippen LogP contribution in [0.25, 0.3) is 0 Å². The molecule has 2 fully saturated rings. The number of carboxylic acid groups (broad SMARTS) is 1. The van der Waals surface area contributed by atoms with Gasteiger partial charge in [0.2, 0.25) is 0 Å². The van der Waals surface area contributed by atoms with E-state index in [9.17, 15) is 14.0 Å². The van der Waals surface area contributed by atoms with E-state index >= 15 is 0 Å². The van der Waals surface area contributed by atoms with E-state index in [1.54, 1.807) is 0 Å². The normalized spacial score (nSPS) is 27.6. The molecular weight excluding hydrogens is 265 g/mol. The van der Waals surface area contributed by atoms with Crippen molar-refractivity contribution in [1.82, 2.24) is 5.32 Å². The van der Waals surface area contributed by atoms with Crippen molar-refractivity contribution >= 4 is 11.9 Å². The smallest absolute Gasteiger partial charge is 0.335 e. The molecule has 2 heterocycles. The van der Waals surface area contributed by atoms with E-state index in [0.717, 1.165) is 25.3 Å². The number of carbonyl (C=O) groups is 2. The third-order valence-corrected chi connectivity index (χ3v) is 3.88. The molecule has 20 heavy (non-hydrogen) atoms. The lowest BCUT2D eigenvalue weighted by Crippen LogP contribution is -2.41. The van der Waals surface area contributed by atoms with Crippen molar-refractivity contribution in [3.05, 3.63) is 35.1 Å². The largest absolute Gasteiger partial charge is 0.478 e. The summed E-state index contributed by atoms with van der Waals surface area (Å²) < 4.78 is 19.4. The predicted octanol–water partition coefficient (Wildman–Crippen LogP) is 1.57. The molecular formula is C14H14FNO4. The van der Waals surface area contributed by atoms with Crippen LogP contribution in [0.5, 0.6) is 0 Å². The number of carboxylic acids is 1. The third kappa shape index (κ3) is 2.27. The Labute approximate surface area is 114 Å².